The Bertz CT molecular complexity index is 857. The number of benzene rings is 2. The van der Waals surface area contributed by atoms with Crippen molar-refractivity contribution in [3.05, 3.63) is 59.9 Å². The van der Waals surface area contributed by atoms with Crippen LogP contribution in [0.1, 0.15) is 11.6 Å². The fourth-order valence-corrected chi connectivity index (χ4v) is 3.79. The van der Waals surface area contributed by atoms with Gasteiger partial charge in [-0.25, -0.2) is 12.8 Å². The minimum atomic E-state index is -3.25. The van der Waals surface area contributed by atoms with Gasteiger partial charge in [0, 0.05) is 38.5 Å². The van der Waals surface area contributed by atoms with Gasteiger partial charge in [0.15, 0.2) is 9.84 Å². The number of nitrogens with one attached hydrogen (secondary N) is 1. The summed E-state index contributed by atoms with van der Waals surface area (Å²) < 4.78 is 42.6. The van der Waals surface area contributed by atoms with E-state index in [-0.39, 0.29) is 16.8 Å². The van der Waals surface area contributed by atoms with Gasteiger partial charge in [0.25, 0.3) is 0 Å². The molecule has 0 amide bonds. The predicted octanol–water partition coefficient (Wildman–Crippen LogP) is 2.25. The first-order chi connectivity index (χ1) is 12.4. The molecule has 0 spiro atoms. The van der Waals surface area contributed by atoms with Crippen LogP contribution in [0.25, 0.3) is 0 Å². The summed E-state index contributed by atoms with van der Waals surface area (Å²) in [7, 11) is -3.25. The molecule has 1 aliphatic heterocycles. The van der Waals surface area contributed by atoms with Gasteiger partial charge in [-0.15, -0.1) is 0 Å². The number of piperazine rings is 1. The Kier molecular flexibility index (Phi) is 5.90. The molecular formula is C19H23FN2O3S. The average molecular weight is 378 g/mol. The number of rotatable bonds is 6. The summed E-state index contributed by atoms with van der Waals surface area (Å²) in [6.45, 7) is 3.57. The lowest BCUT2D eigenvalue weighted by atomic mass is 10.0. The van der Waals surface area contributed by atoms with Crippen LogP contribution in [0.5, 0.6) is 5.75 Å². The molecule has 0 bridgehead atoms. The van der Waals surface area contributed by atoms with Crippen molar-refractivity contribution in [2.24, 2.45) is 0 Å². The van der Waals surface area contributed by atoms with Crippen LogP contribution >= 0.6 is 0 Å². The van der Waals surface area contributed by atoms with Crippen LogP contribution in [-0.4, -0.2) is 52.4 Å². The Labute approximate surface area is 153 Å². The zero-order chi connectivity index (χ0) is 18.6. The van der Waals surface area contributed by atoms with Crippen LogP contribution in [0.2, 0.25) is 0 Å². The highest BCUT2D eigenvalue weighted by molar-refractivity contribution is 7.90. The molecule has 1 aliphatic rings. The fourth-order valence-electron chi connectivity index (χ4n) is 3.13. The second-order valence-electron chi connectivity index (χ2n) is 6.41. The van der Waals surface area contributed by atoms with Crippen LogP contribution in [0, 0.1) is 5.82 Å². The molecule has 1 N–H and O–H groups in total. The topological polar surface area (TPSA) is 58.6 Å². The lowest BCUT2D eigenvalue weighted by molar-refractivity contribution is 0.133. The number of halogens is 1. The van der Waals surface area contributed by atoms with Gasteiger partial charge in [-0.05, 0) is 35.9 Å². The zero-order valence-electron chi connectivity index (χ0n) is 14.7. The van der Waals surface area contributed by atoms with Crippen molar-refractivity contribution in [1.29, 1.82) is 0 Å². The molecule has 0 aromatic heterocycles. The highest BCUT2D eigenvalue weighted by Crippen LogP contribution is 2.23. The Morgan fingerprint density at radius 3 is 2.81 bits per heavy atom. The summed E-state index contributed by atoms with van der Waals surface area (Å²) in [5.41, 5.74) is 0.941. The van der Waals surface area contributed by atoms with Crippen LogP contribution in [0.4, 0.5) is 4.39 Å². The summed E-state index contributed by atoms with van der Waals surface area (Å²) in [6, 6.07) is 13.3. The minimum absolute atomic E-state index is 0.0883. The van der Waals surface area contributed by atoms with Crippen molar-refractivity contribution in [3.8, 4) is 5.75 Å². The fraction of sp³-hybridized carbons (Fsp3) is 0.368. The summed E-state index contributed by atoms with van der Waals surface area (Å²) in [5, 5.41) is 3.34. The van der Waals surface area contributed by atoms with Crippen LogP contribution in [0.3, 0.4) is 0 Å². The van der Waals surface area contributed by atoms with Crippen molar-refractivity contribution >= 4 is 9.84 Å². The second kappa shape index (κ2) is 8.16. The maximum absolute atomic E-state index is 13.5. The van der Waals surface area contributed by atoms with E-state index in [0.29, 0.717) is 18.9 Å². The van der Waals surface area contributed by atoms with Gasteiger partial charge in [0.1, 0.15) is 18.2 Å². The van der Waals surface area contributed by atoms with Crippen molar-refractivity contribution in [1.82, 2.24) is 10.2 Å². The highest BCUT2D eigenvalue weighted by Gasteiger charge is 2.23. The number of nitrogens with zero attached hydrogens (tertiary/aromatic N) is 1. The summed E-state index contributed by atoms with van der Waals surface area (Å²) in [4.78, 5) is 2.50. The molecule has 2 aromatic rings. The van der Waals surface area contributed by atoms with Crippen LogP contribution in [0.15, 0.2) is 53.4 Å². The van der Waals surface area contributed by atoms with Crippen LogP contribution < -0.4 is 10.1 Å². The number of hydrogen-bond acceptors (Lipinski definition) is 5. The first kappa shape index (κ1) is 18.8. The molecule has 2 aromatic carbocycles. The third kappa shape index (κ3) is 4.81. The molecule has 5 nitrogen and oxygen atoms in total. The van der Waals surface area contributed by atoms with Crippen molar-refractivity contribution < 1.29 is 17.5 Å². The molecule has 0 saturated carbocycles. The summed E-state index contributed by atoms with van der Waals surface area (Å²) in [6.07, 6.45) is 1.18. The highest BCUT2D eigenvalue weighted by atomic mass is 32.2. The minimum Gasteiger partial charge on any atom is -0.492 e. The van der Waals surface area contributed by atoms with Gasteiger partial charge in [0.05, 0.1) is 4.90 Å². The van der Waals surface area contributed by atoms with Gasteiger partial charge < -0.3 is 10.1 Å². The van der Waals surface area contributed by atoms with E-state index < -0.39 is 9.84 Å². The first-order valence-corrected chi connectivity index (χ1v) is 10.5. The normalized spacial score (nSPS) is 18.6. The van der Waals surface area contributed by atoms with Gasteiger partial charge in [-0.2, -0.15) is 0 Å². The first-order valence-electron chi connectivity index (χ1n) is 8.56. The van der Waals surface area contributed by atoms with Crippen molar-refractivity contribution in [3.63, 3.8) is 0 Å². The number of hydrogen-bond donors (Lipinski definition) is 1. The van der Waals surface area contributed by atoms with E-state index in [2.05, 4.69) is 10.2 Å². The van der Waals surface area contributed by atoms with E-state index in [1.807, 2.05) is 6.07 Å². The smallest absolute Gasteiger partial charge is 0.175 e. The zero-order valence-corrected chi connectivity index (χ0v) is 15.5. The lowest BCUT2D eigenvalue weighted by Gasteiger charge is -2.36. The Balaban J connectivity index is 1.63. The Hall–Kier alpha value is -1.96. The van der Waals surface area contributed by atoms with Crippen LogP contribution in [-0.2, 0) is 9.84 Å². The molecule has 1 saturated heterocycles. The second-order valence-corrected chi connectivity index (χ2v) is 8.42. The monoisotopic (exact) mass is 378 g/mol. The quantitative estimate of drug-likeness (QED) is 0.836. The van der Waals surface area contributed by atoms with Gasteiger partial charge in [-0.3, -0.25) is 4.90 Å². The SMILES string of the molecule is CS(=O)(=O)c1cccc(OCCN2CCNCC2c2cccc(F)c2)c1. The molecular weight excluding hydrogens is 355 g/mol. The molecule has 3 rings (SSSR count). The van der Waals surface area contributed by atoms with E-state index in [9.17, 15) is 12.8 Å². The number of sulfone groups is 1. The van der Waals surface area contributed by atoms with E-state index >= 15 is 0 Å². The molecule has 1 heterocycles. The maximum atomic E-state index is 13.5. The molecule has 1 fully saturated rings. The van der Waals surface area contributed by atoms with Gasteiger partial charge in [-0.1, -0.05) is 18.2 Å². The van der Waals surface area contributed by atoms with Crippen molar-refractivity contribution in [2.45, 2.75) is 10.9 Å². The number of ether oxygens (including phenoxy) is 1. The predicted molar refractivity (Wildman–Crippen MR) is 98.6 cm³/mol. The molecule has 1 atom stereocenters. The Morgan fingerprint density at radius 1 is 1.23 bits per heavy atom. The molecule has 0 aliphatic carbocycles. The maximum Gasteiger partial charge on any atom is 0.175 e. The molecule has 7 heteroatoms. The summed E-state index contributed by atoms with van der Waals surface area (Å²) >= 11 is 0. The molecule has 0 radical (unpaired) electrons. The van der Waals surface area contributed by atoms with E-state index in [0.717, 1.165) is 25.2 Å². The molecule has 26 heavy (non-hydrogen) atoms. The molecule has 140 valence electrons. The van der Waals surface area contributed by atoms with E-state index in [1.54, 1.807) is 30.3 Å². The van der Waals surface area contributed by atoms with Gasteiger partial charge >= 0.3 is 0 Å². The third-order valence-corrected chi connectivity index (χ3v) is 5.58. The van der Waals surface area contributed by atoms with E-state index in [1.165, 1.54) is 18.4 Å². The molecule has 1 unspecified atom stereocenters. The summed E-state index contributed by atoms with van der Waals surface area (Å²) in [5.74, 6) is 0.298. The largest absolute Gasteiger partial charge is 0.492 e. The van der Waals surface area contributed by atoms with Crippen molar-refractivity contribution in [2.75, 3.05) is 39.0 Å². The average Bonchev–Trinajstić information content (AvgIpc) is 2.62. The Morgan fingerprint density at radius 2 is 2.04 bits per heavy atom. The lowest BCUT2D eigenvalue weighted by Crippen LogP contribution is -2.47. The van der Waals surface area contributed by atoms with E-state index in [4.69, 9.17) is 4.74 Å². The standard InChI is InChI=1S/C19H23FN2O3S/c1-26(23,24)18-7-3-6-17(13-18)25-11-10-22-9-8-21-14-19(22)15-4-2-5-16(20)12-15/h2-7,12-13,19,21H,8-11,14H2,1H3. The van der Waals surface area contributed by atoms with Gasteiger partial charge in [0.2, 0.25) is 0 Å². The third-order valence-electron chi connectivity index (χ3n) is 4.47.